The van der Waals surface area contributed by atoms with Crippen LogP contribution in [0.1, 0.15) is 12.8 Å². The van der Waals surface area contributed by atoms with Crippen molar-refractivity contribution in [3.05, 3.63) is 0 Å². The van der Waals surface area contributed by atoms with Gasteiger partial charge in [-0.2, -0.15) is 11.8 Å². The van der Waals surface area contributed by atoms with Crippen molar-refractivity contribution in [3.63, 3.8) is 0 Å². The fraction of sp³-hybridized carbons (Fsp3) is 0.909. The Morgan fingerprint density at radius 3 is 3.12 bits per heavy atom. The van der Waals surface area contributed by atoms with Crippen molar-refractivity contribution in [3.8, 4) is 0 Å². The van der Waals surface area contributed by atoms with E-state index in [-0.39, 0.29) is 18.6 Å². The summed E-state index contributed by atoms with van der Waals surface area (Å²) in [4.78, 5) is 11.5. The van der Waals surface area contributed by atoms with Crippen molar-refractivity contribution in [1.29, 1.82) is 0 Å². The Kier molecular flexibility index (Phi) is 8.42. The van der Waals surface area contributed by atoms with E-state index in [1.807, 2.05) is 0 Å². The molecule has 17 heavy (non-hydrogen) atoms. The summed E-state index contributed by atoms with van der Waals surface area (Å²) in [7, 11) is 0. The Morgan fingerprint density at radius 2 is 2.41 bits per heavy atom. The van der Waals surface area contributed by atoms with E-state index in [9.17, 15) is 4.79 Å². The van der Waals surface area contributed by atoms with Crippen LogP contribution >= 0.6 is 11.8 Å². The summed E-state index contributed by atoms with van der Waals surface area (Å²) in [6.45, 7) is 3.13. The lowest BCUT2D eigenvalue weighted by Gasteiger charge is -2.23. The quantitative estimate of drug-likeness (QED) is 0.519. The third-order valence-corrected chi connectivity index (χ3v) is 3.52. The summed E-state index contributed by atoms with van der Waals surface area (Å²) in [5.41, 5.74) is 0. The van der Waals surface area contributed by atoms with Gasteiger partial charge in [-0.15, -0.1) is 0 Å². The zero-order chi connectivity index (χ0) is 12.3. The van der Waals surface area contributed by atoms with Gasteiger partial charge in [0.25, 0.3) is 0 Å². The summed E-state index contributed by atoms with van der Waals surface area (Å²) >= 11 is 1.75. The molecule has 6 heteroatoms. The number of rotatable bonds is 8. The fourth-order valence-electron chi connectivity index (χ4n) is 1.58. The second kappa shape index (κ2) is 9.70. The van der Waals surface area contributed by atoms with Gasteiger partial charge in [0.15, 0.2) is 0 Å². The van der Waals surface area contributed by atoms with Crippen molar-refractivity contribution in [2.24, 2.45) is 0 Å². The van der Waals surface area contributed by atoms with Crippen molar-refractivity contribution in [1.82, 2.24) is 10.6 Å². The Hall–Kier alpha value is -0.300. The molecule has 0 saturated carbocycles. The van der Waals surface area contributed by atoms with Crippen LogP contribution < -0.4 is 10.6 Å². The highest BCUT2D eigenvalue weighted by atomic mass is 32.2. The Labute approximate surface area is 107 Å². The predicted octanol–water partition coefficient (Wildman–Crippen LogP) is -0.403. The van der Waals surface area contributed by atoms with Gasteiger partial charge >= 0.3 is 0 Å². The van der Waals surface area contributed by atoms with Crippen molar-refractivity contribution >= 4 is 17.7 Å². The maximum absolute atomic E-state index is 11.5. The number of amides is 1. The second-order valence-corrected chi connectivity index (χ2v) is 5.19. The molecule has 5 nitrogen and oxygen atoms in total. The van der Waals surface area contributed by atoms with Crippen LogP contribution in [-0.4, -0.2) is 61.5 Å². The van der Waals surface area contributed by atoms with Crippen LogP contribution in [0.15, 0.2) is 0 Å². The molecule has 1 aliphatic heterocycles. The molecule has 1 saturated heterocycles. The highest BCUT2D eigenvalue weighted by molar-refractivity contribution is 7.99. The Morgan fingerprint density at radius 1 is 1.53 bits per heavy atom. The van der Waals surface area contributed by atoms with Gasteiger partial charge in [-0.05, 0) is 12.2 Å². The lowest BCUT2D eigenvalue weighted by molar-refractivity contribution is -0.122. The topological polar surface area (TPSA) is 70.6 Å². The number of hydrogen-bond acceptors (Lipinski definition) is 5. The molecule has 1 amide bonds. The molecule has 1 aliphatic rings. The van der Waals surface area contributed by atoms with Crippen molar-refractivity contribution in [2.75, 3.05) is 44.4 Å². The third-order valence-electron chi connectivity index (χ3n) is 2.45. The SMILES string of the molecule is O=C(CC1COCCN1)NCCSCCCO. The normalized spacial score (nSPS) is 20.2. The molecule has 1 fully saturated rings. The fourth-order valence-corrected chi connectivity index (χ4v) is 2.36. The molecule has 0 aromatic heterocycles. The minimum absolute atomic E-state index is 0.0794. The lowest BCUT2D eigenvalue weighted by Crippen LogP contribution is -2.44. The Bertz CT molecular complexity index is 211. The van der Waals surface area contributed by atoms with E-state index in [1.54, 1.807) is 11.8 Å². The number of morpholine rings is 1. The van der Waals surface area contributed by atoms with E-state index in [0.717, 1.165) is 31.1 Å². The van der Waals surface area contributed by atoms with Crippen LogP contribution in [0.25, 0.3) is 0 Å². The summed E-state index contributed by atoms with van der Waals surface area (Å²) < 4.78 is 5.28. The lowest BCUT2D eigenvalue weighted by atomic mass is 10.2. The molecule has 0 bridgehead atoms. The standard InChI is InChI=1S/C11H22N2O3S/c14-4-1-6-17-7-3-13-11(15)8-10-9-16-5-2-12-10/h10,12,14H,1-9H2,(H,13,15). The minimum Gasteiger partial charge on any atom is -0.396 e. The van der Waals surface area contributed by atoms with Crippen molar-refractivity contribution in [2.45, 2.75) is 18.9 Å². The van der Waals surface area contributed by atoms with Crippen LogP contribution in [0.2, 0.25) is 0 Å². The van der Waals surface area contributed by atoms with Gasteiger partial charge in [-0.25, -0.2) is 0 Å². The average molecular weight is 262 g/mol. The number of thioether (sulfide) groups is 1. The van der Waals surface area contributed by atoms with E-state index in [0.29, 0.717) is 19.6 Å². The van der Waals surface area contributed by atoms with Gasteiger partial charge in [-0.1, -0.05) is 0 Å². The average Bonchev–Trinajstić information content (AvgIpc) is 2.35. The third kappa shape index (κ3) is 7.59. The zero-order valence-corrected chi connectivity index (χ0v) is 10.9. The van der Waals surface area contributed by atoms with Gasteiger partial charge in [0, 0.05) is 37.9 Å². The molecule has 1 unspecified atom stereocenters. The zero-order valence-electron chi connectivity index (χ0n) is 10.1. The van der Waals surface area contributed by atoms with Crippen LogP contribution in [-0.2, 0) is 9.53 Å². The number of aliphatic hydroxyl groups excluding tert-OH is 1. The molecule has 0 aromatic rings. The molecule has 1 atom stereocenters. The number of aliphatic hydroxyl groups is 1. The molecule has 100 valence electrons. The summed E-state index contributed by atoms with van der Waals surface area (Å²) in [5, 5.41) is 14.7. The first kappa shape index (κ1) is 14.8. The molecule has 0 aromatic carbocycles. The highest BCUT2D eigenvalue weighted by Gasteiger charge is 2.16. The first-order valence-electron chi connectivity index (χ1n) is 6.09. The summed E-state index contributed by atoms with van der Waals surface area (Å²) in [6, 6.07) is 0.158. The first-order valence-corrected chi connectivity index (χ1v) is 7.25. The van der Waals surface area contributed by atoms with Gasteiger partial charge in [0.05, 0.1) is 13.2 Å². The van der Waals surface area contributed by atoms with Gasteiger partial charge in [-0.3, -0.25) is 4.79 Å². The Balaban J connectivity index is 1.93. The van der Waals surface area contributed by atoms with Gasteiger partial charge in [0.2, 0.25) is 5.91 Å². The number of carbonyl (C=O) groups excluding carboxylic acids is 1. The maximum atomic E-state index is 11.5. The summed E-state index contributed by atoms with van der Waals surface area (Å²) in [5.74, 6) is 1.93. The molecule has 0 radical (unpaired) electrons. The smallest absolute Gasteiger partial charge is 0.221 e. The van der Waals surface area contributed by atoms with E-state index in [4.69, 9.17) is 9.84 Å². The van der Waals surface area contributed by atoms with Crippen LogP contribution in [0, 0.1) is 0 Å². The van der Waals surface area contributed by atoms with Gasteiger partial charge < -0.3 is 20.5 Å². The summed E-state index contributed by atoms with van der Waals surface area (Å²) in [6.07, 6.45) is 1.31. The molecular formula is C11H22N2O3S. The largest absolute Gasteiger partial charge is 0.396 e. The second-order valence-electron chi connectivity index (χ2n) is 3.97. The van der Waals surface area contributed by atoms with Crippen LogP contribution in [0.3, 0.4) is 0 Å². The first-order chi connectivity index (χ1) is 8.33. The van der Waals surface area contributed by atoms with Gasteiger partial charge in [0.1, 0.15) is 0 Å². The van der Waals surface area contributed by atoms with E-state index in [1.165, 1.54) is 0 Å². The molecule has 0 aliphatic carbocycles. The van der Waals surface area contributed by atoms with Crippen LogP contribution in [0.5, 0.6) is 0 Å². The molecule has 3 N–H and O–H groups in total. The monoisotopic (exact) mass is 262 g/mol. The predicted molar refractivity (Wildman–Crippen MR) is 69.3 cm³/mol. The number of hydrogen-bond donors (Lipinski definition) is 3. The molecule has 0 spiro atoms. The van der Waals surface area contributed by atoms with Crippen LogP contribution in [0.4, 0.5) is 0 Å². The number of carbonyl (C=O) groups is 1. The molecule has 1 heterocycles. The van der Waals surface area contributed by atoms with E-state index >= 15 is 0 Å². The molecular weight excluding hydrogens is 240 g/mol. The maximum Gasteiger partial charge on any atom is 0.221 e. The van der Waals surface area contributed by atoms with E-state index < -0.39 is 0 Å². The number of nitrogens with one attached hydrogen (secondary N) is 2. The number of ether oxygens (including phenoxy) is 1. The van der Waals surface area contributed by atoms with Crippen molar-refractivity contribution < 1.29 is 14.6 Å². The molecule has 1 rings (SSSR count). The van der Waals surface area contributed by atoms with E-state index in [2.05, 4.69) is 10.6 Å². The highest BCUT2D eigenvalue weighted by Crippen LogP contribution is 2.01. The minimum atomic E-state index is 0.0794.